The Balaban J connectivity index is 1.79. The Bertz CT molecular complexity index is 952. The third kappa shape index (κ3) is 3.65. The minimum Gasteiger partial charge on any atom is -0.496 e. The van der Waals surface area contributed by atoms with Crippen molar-refractivity contribution >= 4 is 17.4 Å². The third-order valence-electron chi connectivity index (χ3n) is 5.68. The number of amides is 2. The largest absolute Gasteiger partial charge is 0.496 e. The molecule has 0 spiro atoms. The van der Waals surface area contributed by atoms with Crippen molar-refractivity contribution in [2.75, 3.05) is 20.2 Å². The predicted octanol–water partition coefficient (Wildman–Crippen LogP) is 3.71. The molecule has 0 aromatic heterocycles. The fourth-order valence-corrected chi connectivity index (χ4v) is 4.25. The molecule has 0 bridgehead atoms. The predicted molar refractivity (Wildman–Crippen MR) is 112 cm³/mol. The Labute approximate surface area is 171 Å². The van der Waals surface area contributed by atoms with Gasteiger partial charge in [-0.3, -0.25) is 14.5 Å². The van der Waals surface area contributed by atoms with Crippen LogP contribution in [0.4, 0.5) is 0 Å². The molecule has 1 fully saturated rings. The van der Waals surface area contributed by atoms with Gasteiger partial charge in [-0.1, -0.05) is 55.5 Å². The third-order valence-corrected chi connectivity index (χ3v) is 5.68. The Kier molecular flexibility index (Phi) is 5.38. The van der Waals surface area contributed by atoms with E-state index in [0.717, 1.165) is 31.5 Å². The summed E-state index contributed by atoms with van der Waals surface area (Å²) >= 11 is 0. The molecule has 0 saturated carbocycles. The molecule has 0 N–H and O–H groups in total. The maximum atomic E-state index is 13.5. The van der Waals surface area contributed by atoms with Crippen molar-refractivity contribution in [1.82, 2.24) is 9.80 Å². The van der Waals surface area contributed by atoms with E-state index in [9.17, 15) is 9.59 Å². The van der Waals surface area contributed by atoms with Crippen LogP contribution in [0.1, 0.15) is 30.9 Å². The molecule has 1 saturated heterocycles. The van der Waals surface area contributed by atoms with E-state index in [1.54, 1.807) is 7.11 Å². The number of methoxy groups -OCH3 is 1. The van der Waals surface area contributed by atoms with E-state index in [1.807, 2.05) is 54.6 Å². The van der Waals surface area contributed by atoms with Gasteiger partial charge in [0.15, 0.2) is 0 Å². The van der Waals surface area contributed by atoms with Gasteiger partial charge in [-0.15, -0.1) is 0 Å². The van der Waals surface area contributed by atoms with Crippen molar-refractivity contribution in [2.45, 2.75) is 26.3 Å². The summed E-state index contributed by atoms with van der Waals surface area (Å²) in [5, 5.41) is 0. The summed E-state index contributed by atoms with van der Waals surface area (Å²) < 4.78 is 5.52. The molecule has 0 aliphatic carbocycles. The normalized spacial score (nSPS) is 19.9. The molecule has 5 nitrogen and oxygen atoms in total. The fourth-order valence-electron chi connectivity index (χ4n) is 4.25. The molecule has 2 aromatic rings. The molecular weight excluding hydrogens is 364 g/mol. The number of nitrogens with zero attached hydrogens (tertiary/aromatic N) is 2. The van der Waals surface area contributed by atoms with Crippen LogP contribution in [0.2, 0.25) is 0 Å². The smallest absolute Gasteiger partial charge is 0.278 e. The summed E-state index contributed by atoms with van der Waals surface area (Å²) in [7, 11) is 1.59. The number of carbonyl (C=O) groups is 2. The summed E-state index contributed by atoms with van der Waals surface area (Å²) in [6, 6.07) is 17.1. The van der Waals surface area contributed by atoms with Crippen molar-refractivity contribution in [1.29, 1.82) is 0 Å². The lowest BCUT2D eigenvalue weighted by atomic mass is 9.97. The van der Waals surface area contributed by atoms with Gasteiger partial charge in [0.05, 0.1) is 19.2 Å². The lowest BCUT2D eigenvalue weighted by molar-refractivity contribution is -0.138. The first kappa shape index (κ1) is 19.2. The summed E-state index contributed by atoms with van der Waals surface area (Å²) in [5.41, 5.74) is 2.58. The molecule has 5 heteroatoms. The second-order valence-corrected chi connectivity index (χ2v) is 7.80. The van der Waals surface area contributed by atoms with E-state index in [-0.39, 0.29) is 18.4 Å². The number of ether oxygens (including phenoxy) is 1. The fraction of sp³-hybridized carbons (Fsp3) is 0.333. The zero-order chi connectivity index (χ0) is 20.4. The summed E-state index contributed by atoms with van der Waals surface area (Å²) in [6.45, 7) is 4.03. The van der Waals surface area contributed by atoms with Gasteiger partial charge in [0.1, 0.15) is 11.4 Å². The highest BCUT2D eigenvalue weighted by molar-refractivity contribution is 6.35. The van der Waals surface area contributed by atoms with Crippen molar-refractivity contribution in [3.05, 3.63) is 71.4 Å². The Morgan fingerprint density at radius 2 is 1.72 bits per heavy atom. The Morgan fingerprint density at radius 3 is 2.45 bits per heavy atom. The molecule has 2 aromatic carbocycles. The number of benzene rings is 2. The van der Waals surface area contributed by atoms with Gasteiger partial charge in [-0.25, -0.2) is 0 Å². The minimum atomic E-state index is -0.253. The first-order chi connectivity index (χ1) is 14.1. The molecule has 29 heavy (non-hydrogen) atoms. The SMILES string of the molecule is COc1ccccc1C1=C(N2CCCC(C)C2)C(=O)N(Cc2ccccc2)C1=O. The molecule has 4 rings (SSSR count). The van der Waals surface area contributed by atoms with E-state index in [0.29, 0.717) is 28.5 Å². The minimum absolute atomic E-state index is 0.214. The Morgan fingerprint density at radius 1 is 1.00 bits per heavy atom. The molecule has 2 heterocycles. The Hall–Kier alpha value is -3.08. The van der Waals surface area contributed by atoms with Crippen LogP contribution >= 0.6 is 0 Å². The topological polar surface area (TPSA) is 49.9 Å². The highest BCUT2D eigenvalue weighted by Crippen LogP contribution is 2.38. The summed E-state index contributed by atoms with van der Waals surface area (Å²) in [6.07, 6.45) is 2.16. The lowest BCUT2D eigenvalue weighted by Crippen LogP contribution is -2.39. The van der Waals surface area contributed by atoms with Gasteiger partial charge in [0, 0.05) is 18.7 Å². The van der Waals surface area contributed by atoms with Gasteiger partial charge in [0.2, 0.25) is 0 Å². The van der Waals surface area contributed by atoms with Crippen molar-refractivity contribution in [3.63, 3.8) is 0 Å². The number of hydrogen-bond donors (Lipinski definition) is 0. The molecule has 2 amide bonds. The number of para-hydroxylation sites is 1. The van der Waals surface area contributed by atoms with Crippen molar-refractivity contribution in [2.24, 2.45) is 5.92 Å². The second kappa shape index (κ2) is 8.11. The first-order valence-corrected chi connectivity index (χ1v) is 10.1. The average molecular weight is 390 g/mol. The number of likely N-dealkylation sites (tertiary alicyclic amines) is 1. The molecule has 0 radical (unpaired) electrons. The first-order valence-electron chi connectivity index (χ1n) is 10.1. The number of piperidine rings is 1. The average Bonchev–Trinajstić information content (AvgIpc) is 2.99. The van der Waals surface area contributed by atoms with E-state index in [1.165, 1.54) is 4.90 Å². The van der Waals surface area contributed by atoms with Crippen LogP contribution in [0.25, 0.3) is 5.57 Å². The molecule has 1 atom stereocenters. The van der Waals surface area contributed by atoms with Crippen LogP contribution in [0.3, 0.4) is 0 Å². The number of imide groups is 1. The van der Waals surface area contributed by atoms with Crippen LogP contribution in [-0.4, -0.2) is 41.8 Å². The van der Waals surface area contributed by atoms with E-state index >= 15 is 0 Å². The summed E-state index contributed by atoms with van der Waals surface area (Å²) in [5.74, 6) is 0.624. The van der Waals surface area contributed by atoms with Crippen molar-refractivity contribution < 1.29 is 14.3 Å². The molecule has 1 unspecified atom stereocenters. The zero-order valence-electron chi connectivity index (χ0n) is 16.9. The zero-order valence-corrected chi connectivity index (χ0v) is 16.9. The number of hydrogen-bond acceptors (Lipinski definition) is 4. The van der Waals surface area contributed by atoms with Crippen LogP contribution in [0.5, 0.6) is 5.75 Å². The van der Waals surface area contributed by atoms with Gasteiger partial charge in [-0.2, -0.15) is 0 Å². The van der Waals surface area contributed by atoms with Crippen LogP contribution < -0.4 is 4.74 Å². The molecule has 150 valence electrons. The molecule has 2 aliphatic rings. The summed E-state index contributed by atoms with van der Waals surface area (Å²) in [4.78, 5) is 30.4. The molecular formula is C24H26N2O3. The lowest BCUT2D eigenvalue weighted by Gasteiger charge is -2.33. The number of carbonyl (C=O) groups excluding carboxylic acids is 2. The van der Waals surface area contributed by atoms with Gasteiger partial charge >= 0.3 is 0 Å². The van der Waals surface area contributed by atoms with Gasteiger partial charge in [-0.05, 0) is 30.4 Å². The molecule has 2 aliphatic heterocycles. The monoisotopic (exact) mass is 390 g/mol. The van der Waals surface area contributed by atoms with Gasteiger partial charge < -0.3 is 9.64 Å². The number of rotatable bonds is 5. The highest BCUT2D eigenvalue weighted by Gasteiger charge is 2.43. The second-order valence-electron chi connectivity index (χ2n) is 7.80. The van der Waals surface area contributed by atoms with E-state index in [4.69, 9.17) is 4.74 Å². The van der Waals surface area contributed by atoms with Crippen molar-refractivity contribution in [3.8, 4) is 5.75 Å². The van der Waals surface area contributed by atoms with Crippen LogP contribution in [-0.2, 0) is 16.1 Å². The van der Waals surface area contributed by atoms with Crippen LogP contribution in [0, 0.1) is 5.92 Å². The standard InChI is InChI=1S/C24H26N2O3/c1-17-9-8-14-25(15-17)22-21(19-12-6-7-13-20(19)29-2)23(27)26(24(22)28)16-18-10-4-3-5-11-18/h3-7,10-13,17H,8-9,14-16H2,1-2H3. The maximum Gasteiger partial charge on any atom is 0.278 e. The quantitative estimate of drug-likeness (QED) is 0.731. The van der Waals surface area contributed by atoms with E-state index < -0.39 is 0 Å². The van der Waals surface area contributed by atoms with E-state index in [2.05, 4.69) is 11.8 Å². The van der Waals surface area contributed by atoms with Gasteiger partial charge in [0.25, 0.3) is 11.8 Å². The maximum absolute atomic E-state index is 13.5. The van der Waals surface area contributed by atoms with Crippen LogP contribution in [0.15, 0.2) is 60.3 Å². The highest BCUT2D eigenvalue weighted by atomic mass is 16.5.